The molecule has 0 aromatic heterocycles. The van der Waals surface area contributed by atoms with E-state index in [-0.39, 0.29) is 10.9 Å². The van der Waals surface area contributed by atoms with Crippen LogP contribution in [0, 0.1) is 5.92 Å². The summed E-state index contributed by atoms with van der Waals surface area (Å²) < 4.78 is 5.23. The maximum absolute atomic E-state index is 12.0. The molecule has 0 saturated carbocycles. The molecule has 0 spiro atoms. The van der Waals surface area contributed by atoms with Gasteiger partial charge in [0.25, 0.3) is 0 Å². The van der Waals surface area contributed by atoms with E-state index in [0.717, 1.165) is 17.7 Å². The Kier molecular flexibility index (Phi) is 6.29. The van der Waals surface area contributed by atoms with Crippen molar-refractivity contribution < 1.29 is 9.53 Å². The Morgan fingerprint density at radius 3 is 2.74 bits per heavy atom. The highest BCUT2D eigenvalue weighted by Crippen LogP contribution is 2.17. The summed E-state index contributed by atoms with van der Waals surface area (Å²) in [6, 6.07) is 7.56. The number of para-hydroxylation sites is 1. The molecule has 5 heteroatoms. The Labute approximate surface area is 119 Å². The second kappa shape index (κ2) is 7.74. The van der Waals surface area contributed by atoms with Crippen LogP contribution in [0.5, 0.6) is 5.75 Å². The summed E-state index contributed by atoms with van der Waals surface area (Å²) in [5.41, 5.74) is 6.52. The van der Waals surface area contributed by atoms with Crippen molar-refractivity contribution >= 4 is 23.1 Å². The number of ether oxygens (including phenoxy) is 1. The topological polar surface area (TPSA) is 64.3 Å². The lowest BCUT2D eigenvalue weighted by Gasteiger charge is -2.15. The summed E-state index contributed by atoms with van der Waals surface area (Å²) in [6.07, 6.45) is 1.54. The minimum Gasteiger partial charge on any atom is -0.496 e. The van der Waals surface area contributed by atoms with Crippen molar-refractivity contribution in [2.45, 2.75) is 26.3 Å². The van der Waals surface area contributed by atoms with Gasteiger partial charge in [-0.3, -0.25) is 4.79 Å². The van der Waals surface area contributed by atoms with Gasteiger partial charge in [0.1, 0.15) is 5.75 Å². The normalized spacial score (nSPS) is 11.7. The highest BCUT2D eigenvalue weighted by Gasteiger charge is 2.20. The van der Waals surface area contributed by atoms with Gasteiger partial charge in [-0.25, -0.2) is 0 Å². The SMILES string of the molecule is CCCC(C(=O)NCc1ccccc1OC)C(N)=S. The molecule has 0 aliphatic heterocycles. The van der Waals surface area contributed by atoms with Crippen LogP contribution in [0.1, 0.15) is 25.3 Å². The molecule has 19 heavy (non-hydrogen) atoms. The van der Waals surface area contributed by atoms with Crippen molar-refractivity contribution in [3.63, 3.8) is 0 Å². The van der Waals surface area contributed by atoms with E-state index < -0.39 is 5.92 Å². The van der Waals surface area contributed by atoms with Gasteiger partial charge in [-0.15, -0.1) is 0 Å². The number of rotatable bonds is 7. The molecule has 0 aliphatic rings. The second-order valence-electron chi connectivity index (χ2n) is 4.27. The summed E-state index contributed by atoms with van der Waals surface area (Å²) in [5.74, 6) is 0.236. The van der Waals surface area contributed by atoms with E-state index in [0.29, 0.717) is 13.0 Å². The molecule has 0 radical (unpaired) electrons. The zero-order valence-electron chi connectivity index (χ0n) is 11.3. The van der Waals surface area contributed by atoms with Crippen molar-refractivity contribution in [3.8, 4) is 5.75 Å². The van der Waals surface area contributed by atoms with Crippen LogP contribution in [0.2, 0.25) is 0 Å². The van der Waals surface area contributed by atoms with Gasteiger partial charge >= 0.3 is 0 Å². The molecule has 1 amide bonds. The largest absolute Gasteiger partial charge is 0.496 e. The van der Waals surface area contributed by atoms with E-state index in [4.69, 9.17) is 22.7 Å². The molecule has 4 nitrogen and oxygen atoms in total. The van der Waals surface area contributed by atoms with Crippen LogP contribution in [0.4, 0.5) is 0 Å². The molecule has 0 bridgehead atoms. The molecule has 0 heterocycles. The van der Waals surface area contributed by atoms with Gasteiger partial charge in [0.15, 0.2) is 0 Å². The van der Waals surface area contributed by atoms with Crippen LogP contribution in [0.3, 0.4) is 0 Å². The van der Waals surface area contributed by atoms with Crippen molar-refractivity contribution in [1.82, 2.24) is 5.32 Å². The number of carbonyl (C=O) groups excluding carboxylic acids is 1. The number of nitrogens with two attached hydrogens (primary N) is 1. The fraction of sp³-hybridized carbons (Fsp3) is 0.429. The number of nitrogens with one attached hydrogen (secondary N) is 1. The first-order valence-corrected chi connectivity index (χ1v) is 6.69. The van der Waals surface area contributed by atoms with Crippen LogP contribution < -0.4 is 15.8 Å². The first-order chi connectivity index (χ1) is 9.10. The third kappa shape index (κ3) is 4.52. The average Bonchev–Trinajstić information content (AvgIpc) is 2.42. The predicted octanol–water partition coefficient (Wildman–Crippen LogP) is 2.01. The Bertz CT molecular complexity index is 449. The van der Waals surface area contributed by atoms with Crippen molar-refractivity contribution in [2.24, 2.45) is 11.7 Å². The van der Waals surface area contributed by atoms with Gasteiger partial charge in [0.05, 0.1) is 18.0 Å². The standard InChI is InChI=1S/C14H20N2O2S/c1-3-6-11(13(15)19)14(17)16-9-10-7-4-5-8-12(10)18-2/h4-5,7-8,11H,3,6,9H2,1-2H3,(H2,15,19)(H,16,17). The number of hydrogen-bond donors (Lipinski definition) is 2. The Balaban J connectivity index is 2.64. The number of amides is 1. The zero-order chi connectivity index (χ0) is 14.3. The maximum Gasteiger partial charge on any atom is 0.230 e. The van der Waals surface area contributed by atoms with Gasteiger partial charge in [-0.05, 0) is 12.5 Å². The van der Waals surface area contributed by atoms with Crippen LogP contribution in [-0.2, 0) is 11.3 Å². The van der Waals surface area contributed by atoms with E-state index >= 15 is 0 Å². The van der Waals surface area contributed by atoms with E-state index in [1.165, 1.54) is 0 Å². The lowest BCUT2D eigenvalue weighted by Crippen LogP contribution is -2.37. The molecule has 1 unspecified atom stereocenters. The van der Waals surface area contributed by atoms with Crippen LogP contribution in [0.15, 0.2) is 24.3 Å². The van der Waals surface area contributed by atoms with E-state index in [1.807, 2.05) is 31.2 Å². The van der Waals surface area contributed by atoms with Crippen LogP contribution in [-0.4, -0.2) is 18.0 Å². The van der Waals surface area contributed by atoms with E-state index in [2.05, 4.69) is 5.32 Å². The molecule has 3 N–H and O–H groups in total. The molecule has 0 aliphatic carbocycles. The van der Waals surface area contributed by atoms with Crippen LogP contribution >= 0.6 is 12.2 Å². The first-order valence-electron chi connectivity index (χ1n) is 6.29. The number of methoxy groups -OCH3 is 1. The van der Waals surface area contributed by atoms with Crippen molar-refractivity contribution in [1.29, 1.82) is 0 Å². The van der Waals surface area contributed by atoms with Crippen molar-refractivity contribution in [3.05, 3.63) is 29.8 Å². The predicted molar refractivity (Wildman–Crippen MR) is 80.0 cm³/mol. The third-order valence-electron chi connectivity index (χ3n) is 2.88. The Hall–Kier alpha value is -1.62. The molecular weight excluding hydrogens is 260 g/mol. The maximum atomic E-state index is 12.0. The number of benzene rings is 1. The average molecular weight is 280 g/mol. The Morgan fingerprint density at radius 1 is 1.47 bits per heavy atom. The third-order valence-corrected chi connectivity index (χ3v) is 3.17. The highest BCUT2D eigenvalue weighted by atomic mass is 32.1. The summed E-state index contributed by atoms with van der Waals surface area (Å²) in [4.78, 5) is 12.3. The van der Waals surface area contributed by atoms with E-state index in [9.17, 15) is 4.79 Å². The minimum atomic E-state index is -0.394. The van der Waals surface area contributed by atoms with E-state index in [1.54, 1.807) is 7.11 Å². The fourth-order valence-electron chi connectivity index (χ4n) is 1.85. The smallest absolute Gasteiger partial charge is 0.230 e. The van der Waals surface area contributed by atoms with Gasteiger partial charge in [0.2, 0.25) is 5.91 Å². The molecule has 0 saturated heterocycles. The number of carbonyl (C=O) groups is 1. The Morgan fingerprint density at radius 2 is 2.16 bits per heavy atom. The zero-order valence-corrected chi connectivity index (χ0v) is 12.1. The lowest BCUT2D eigenvalue weighted by atomic mass is 10.0. The first kappa shape index (κ1) is 15.4. The highest BCUT2D eigenvalue weighted by molar-refractivity contribution is 7.80. The summed E-state index contributed by atoms with van der Waals surface area (Å²) in [5, 5.41) is 2.85. The molecule has 1 rings (SSSR count). The van der Waals surface area contributed by atoms with Gasteiger partial charge in [-0.1, -0.05) is 43.8 Å². The minimum absolute atomic E-state index is 0.125. The fourth-order valence-corrected chi connectivity index (χ4v) is 2.07. The van der Waals surface area contributed by atoms with Gasteiger partial charge < -0.3 is 15.8 Å². The summed E-state index contributed by atoms with van der Waals surface area (Å²) >= 11 is 4.93. The molecule has 0 fully saturated rings. The molecule has 1 aromatic rings. The van der Waals surface area contributed by atoms with Gasteiger partial charge in [0, 0.05) is 12.1 Å². The lowest BCUT2D eigenvalue weighted by molar-refractivity contribution is -0.123. The number of thiocarbonyl (C=S) groups is 1. The summed E-state index contributed by atoms with van der Waals surface area (Å²) in [7, 11) is 1.61. The molecule has 1 atom stereocenters. The molecular formula is C14H20N2O2S. The van der Waals surface area contributed by atoms with Crippen molar-refractivity contribution in [2.75, 3.05) is 7.11 Å². The quantitative estimate of drug-likeness (QED) is 0.750. The molecule has 1 aromatic carbocycles. The monoisotopic (exact) mass is 280 g/mol. The van der Waals surface area contributed by atoms with Crippen LogP contribution in [0.25, 0.3) is 0 Å². The number of hydrogen-bond acceptors (Lipinski definition) is 3. The van der Waals surface area contributed by atoms with Gasteiger partial charge in [-0.2, -0.15) is 0 Å². The summed E-state index contributed by atoms with van der Waals surface area (Å²) in [6.45, 7) is 2.41. The molecule has 104 valence electrons. The second-order valence-corrected chi connectivity index (χ2v) is 4.74.